The molecule has 1 aliphatic rings. The molecule has 1 saturated heterocycles. The van der Waals surface area contributed by atoms with Crippen LogP contribution in [-0.4, -0.2) is 41.0 Å². The van der Waals surface area contributed by atoms with Crippen LogP contribution in [0, 0.1) is 12.8 Å². The van der Waals surface area contributed by atoms with Gasteiger partial charge >= 0.3 is 5.97 Å². The third-order valence-corrected chi connectivity index (χ3v) is 5.50. The molecule has 0 aliphatic carbocycles. The van der Waals surface area contributed by atoms with Gasteiger partial charge in [0.05, 0.1) is 11.1 Å². The Bertz CT molecular complexity index is 854. The summed E-state index contributed by atoms with van der Waals surface area (Å²) in [5.41, 5.74) is 3.00. The number of rotatable bonds is 4. The minimum Gasteiger partial charge on any atom is -0.449 e. The molecule has 0 bridgehead atoms. The van der Waals surface area contributed by atoms with Crippen molar-refractivity contribution >= 4 is 22.8 Å². The van der Waals surface area contributed by atoms with Crippen LogP contribution >= 0.6 is 0 Å². The summed E-state index contributed by atoms with van der Waals surface area (Å²) in [6.45, 7) is 9.25. The fourth-order valence-corrected chi connectivity index (χ4v) is 3.72. The lowest BCUT2D eigenvalue weighted by molar-refractivity contribution is -0.141. The third kappa shape index (κ3) is 3.97. The lowest BCUT2D eigenvalue weighted by atomic mass is 9.99. The first kappa shape index (κ1) is 19.3. The molecule has 2 heterocycles. The van der Waals surface area contributed by atoms with E-state index in [1.165, 1.54) is 0 Å². The van der Waals surface area contributed by atoms with Crippen LogP contribution in [-0.2, 0) is 16.0 Å². The first-order chi connectivity index (χ1) is 12.9. The van der Waals surface area contributed by atoms with E-state index in [0.29, 0.717) is 11.5 Å². The smallest absolute Gasteiger partial charge is 0.339 e. The molecule has 1 aromatic carbocycles. The number of piperidine rings is 1. The number of fused-ring (bicyclic) bond motifs is 1. The van der Waals surface area contributed by atoms with Crippen molar-refractivity contribution in [3.05, 3.63) is 41.1 Å². The molecule has 0 radical (unpaired) electrons. The highest BCUT2D eigenvalue weighted by atomic mass is 16.5. The number of carbonyl (C=O) groups is 2. The molecular formula is C22H28N2O3. The van der Waals surface area contributed by atoms with Crippen molar-refractivity contribution in [1.29, 1.82) is 0 Å². The van der Waals surface area contributed by atoms with E-state index in [9.17, 15) is 9.59 Å². The maximum Gasteiger partial charge on any atom is 0.339 e. The molecule has 27 heavy (non-hydrogen) atoms. The standard InChI is InChI=1S/C22H28N2O3/c1-5-18-15(3)20(17-8-6-7-9-19(17)23-18)22(26)27-16(4)21(25)24-12-10-14(2)11-13-24/h6-9,14,16H,5,10-13H2,1-4H3/t16-/m1/s1. The summed E-state index contributed by atoms with van der Waals surface area (Å²) in [7, 11) is 0. The monoisotopic (exact) mass is 368 g/mol. The highest BCUT2D eigenvalue weighted by molar-refractivity contribution is 6.05. The van der Waals surface area contributed by atoms with E-state index in [2.05, 4.69) is 11.9 Å². The van der Waals surface area contributed by atoms with Crippen LogP contribution in [0.5, 0.6) is 0 Å². The Morgan fingerprint density at radius 1 is 1.26 bits per heavy atom. The van der Waals surface area contributed by atoms with E-state index in [1.807, 2.05) is 43.0 Å². The predicted molar refractivity (Wildman–Crippen MR) is 106 cm³/mol. The van der Waals surface area contributed by atoms with Crippen molar-refractivity contribution in [2.75, 3.05) is 13.1 Å². The Morgan fingerprint density at radius 3 is 2.59 bits per heavy atom. The quantitative estimate of drug-likeness (QED) is 0.768. The van der Waals surface area contributed by atoms with E-state index in [1.54, 1.807) is 6.92 Å². The topological polar surface area (TPSA) is 59.5 Å². The largest absolute Gasteiger partial charge is 0.449 e. The number of ether oxygens (including phenoxy) is 1. The minimum atomic E-state index is -0.790. The molecule has 0 saturated carbocycles. The average molecular weight is 368 g/mol. The number of aromatic nitrogens is 1. The summed E-state index contributed by atoms with van der Waals surface area (Å²) in [4.78, 5) is 32.1. The number of esters is 1. The number of hydrogen-bond donors (Lipinski definition) is 0. The van der Waals surface area contributed by atoms with Gasteiger partial charge in [0.15, 0.2) is 6.10 Å². The second kappa shape index (κ2) is 8.07. The van der Waals surface area contributed by atoms with Crippen LogP contribution in [0.25, 0.3) is 10.9 Å². The molecule has 1 aliphatic heterocycles. The molecule has 0 spiro atoms. The van der Waals surface area contributed by atoms with Gasteiger partial charge in [-0.2, -0.15) is 0 Å². The van der Waals surface area contributed by atoms with Gasteiger partial charge in [-0.25, -0.2) is 4.79 Å². The second-order valence-corrected chi connectivity index (χ2v) is 7.48. The maximum atomic E-state index is 13.0. The lowest BCUT2D eigenvalue weighted by Crippen LogP contribution is -2.44. The molecule has 2 aromatic rings. The first-order valence-electron chi connectivity index (χ1n) is 9.80. The molecule has 0 unspecified atom stereocenters. The first-order valence-corrected chi connectivity index (χ1v) is 9.80. The summed E-state index contributed by atoms with van der Waals surface area (Å²) >= 11 is 0. The van der Waals surface area contributed by atoms with E-state index >= 15 is 0 Å². The van der Waals surface area contributed by atoms with Gasteiger partial charge in [-0.15, -0.1) is 0 Å². The molecule has 144 valence electrons. The number of pyridine rings is 1. The number of carbonyl (C=O) groups excluding carboxylic acids is 2. The molecule has 0 N–H and O–H groups in total. The molecule has 1 fully saturated rings. The normalized spacial score (nSPS) is 16.4. The number of hydrogen-bond acceptors (Lipinski definition) is 4. The van der Waals surface area contributed by atoms with Crippen LogP contribution in [0.15, 0.2) is 24.3 Å². The third-order valence-electron chi connectivity index (χ3n) is 5.50. The van der Waals surface area contributed by atoms with Crippen LogP contribution in [0.1, 0.15) is 55.2 Å². The summed E-state index contributed by atoms with van der Waals surface area (Å²) in [5, 5.41) is 0.767. The van der Waals surface area contributed by atoms with Gasteiger partial charge in [0.25, 0.3) is 5.91 Å². The van der Waals surface area contributed by atoms with Crippen molar-refractivity contribution in [3.8, 4) is 0 Å². The van der Waals surface area contributed by atoms with Gasteiger partial charge < -0.3 is 9.64 Å². The van der Waals surface area contributed by atoms with Crippen LogP contribution in [0.3, 0.4) is 0 Å². The highest BCUT2D eigenvalue weighted by Gasteiger charge is 2.28. The Hall–Kier alpha value is -2.43. The minimum absolute atomic E-state index is 0.109. The van der Waals surface area contributed by atoms with Crippen LogP contribution in [0.2, 0.25) is 0 Å². The molecule has 3 rings (SSSR count). The van der Waals surface area contributed by atoms with Crippen molar-refractivity contribution in [3.63, 3.8) is 0 Å². The number of para-hydroxylation sites is 1. The number of benzene rings is 1. The van der Waals surface area contributed by atoms with E-state index < -0.39 is 12.1 Å². The fraction of sp³-hybridized carbons (Fsp3) is 0.500. The Kier molecular flexibility index (Phi) is 5.78. The summed E-state index contributed by atoms with van der Waals surface area (Å²) in [6, 6.07) is 7.57. The van der Waals surface area contributed by atoms with E-state index in [-0.39, 0.29) is 5.91 Å². The molecule has 1 atom stereocenters. The Balaban J connectivity index is 1.83. The van der Waals surface area contributed by atoms with Gasteiger partial charge in [0.2, 0.25) is 0 Å². The number of likely N-dealkylation sites (tertiary alicyclic amines) is 1. The lowest BCUT2D eigenvalue weighted by Gasteiger charge is -2.32. The van der Waals surface area contributed by atoms with Crippen LogP contribution < -0.4 is 0 Å². The van der Waals surface area contributed by atoms with Crippen molar-refractivity contribution in [2.24, 2.45) is 5.92 Å². The average Bonchev–Trinajstić information content (AvgIpc) is 2.67. The number of nitrogens with zero attached hydrogens (tertiary/aromatic N) is 2. The van der Waals surface area contributed by atoms with Gasteiger partial charge in [0.1, 0.15) is 0 Å². The van der Waals surface area contributed by atoms with Crippen molar-refractivity contribution < 1.29 is 14.3 Å². The summed E-state index contributed by atoms with van der Waals surface area (Å²) in [5.74, 6) is 0.0826. The second-order valence-electron chi connectivity index (χ2n) is 7.48. The molecule has 1 aromatic heterocycles. The Labute approximate surface area is 160 Å². The predicted octanol–water partition coefficient (Wildman–Crippen LogP) is 3.91. The van der Waals surface area contributed by atoms with Gasteiger partial charge in [-0.05, 0) is 50.7 Å². The molecule has 5 heteroatoms. The summed E-state index contributed by atoms with van der Waals surface area (Å²) < 4.78 is 5.61. The zero-order chi connectivity index (χ0) is 19.6. The summed E-state index contributed by atoms with van der Waals surface area (Å²) in [6.07, 6.45) is 1.94. The van der Waals surface area contributed by atoms with E-state index in [0.717, 1.165) is 54.5 Å². The highest BCUT2D eigenvalue weighted by Crippen LogP contribution is 2.25. The van der Waals surface area contributed by atoms with Gasteiger partial charge in [0, 0.05) is 24.2 Å². The molecular weight excluding hydrogens is 340 g/mol. The van der Waals surface area contributed by atoms with Gasteiger partial charge in [-0.1, -0.05) is 32.0 Å². The molecule has 5 nitrogen and oxygen atoms in total. The maximum absolute atomic E-state index is 13.0. The van der Waals surface area contributed by atoms with Gasteiger partial charge in [-0.3, -0.25) is 9.78 Å². The van der Waals surface area contributed by atoms with Crippen molar-refractivity contribution in [2.45, 2.75) is 53.1 Å². The number of amides is 1. The zero-order valence-electron chi connectivity index (χ0n) is 16.6. The fourth-order valence-electron chi connectivity index (χ4n) is 3.72. The Morgan fingerprint density at radius 2 is 1.93 bits per heavy atom. The number of aryl methyl sites for hydroxylation is 1. The SMILES string of the molecule is CCc1nc2ccccc2c(C(=O)O[C@H](C)C(=O)N2CCC(C)CC2)c1C. The molecule has 1 amide bonds. The zero-order valence-corrected chi connectivity index (χ0v) is 16.6. The van der Waals surface area contributed by atoms with Crippen LogP contribution in [0.4, 0.5) is 0 Å². The van der Waals surface area contributed by atoms with E-state index in [4.69, 9.17) is 4.74 Å². The van der Waals surface area contributed by atoms with Crippen molar-refractivity contribution in [1.82, 2.24) is 9.88 Å².